The number of hydrogen-bond donors (Lipinski definition) is 0. The Morgan fingerprint density at radius 3 is 1.96 bits per heavy atom. The van der Waals surface area contributed by atoms with E-state index in [2.05, 4.69) is 4.74 Å². The fourth-order valence-corrected chi connectivity index (χ4v) is 2.18. The Kier molecular flexibility index (Phi) is 4.56. The molecule has 0 bridgehead atoms. The standard InChI is InChI=1S/C16H20BF3O3/c1-11(10-17-22-14(2,3)15(4,5)23-17)12-6-8-13(9-7-12)21-16(18,19)20/h6-10H,1-5H3. The van der Waals surface area contributed by atoms with Gasteiger partial charge in [0.2, 0.25) is 0 Å². The van der Waals surface area contributed by atoms with Crippen LogP contribution in [0.4, 0.5) is 13.2 Å². The van der Waals surface area contributed by atoms with Gasteiger partial charge in [-0.2, -0.15) is 0 Å². The van der Waals surface area contributed by atoms with Crippen LogP contribution in [0.2, 0.25) is 0 Å². The lowest BCUT2D eigenvalue weighted by molar-refractivity contribution is -0.274. The molecule has 1 aliphatic heterocycles. The summed E-state index contributed by atoms with van der Waals surface area (Å²) >= 11 is 0. The van der Waals surface area contributed by atoms with Crippen LogP contribution in [0, 0.1) is 0 Å². The van der Waals surface area contributed by atoms with E-state index in [0.717, 1.165) is 11.1 Å². The van der Waals surface area contributed by atoms with Crippen LogP contribution in [0.5, 0.6) is 5.75 Å². The first-order chi connectivity index (χ1) is 10.4. The molecule has 1 saturated heterocycles. The maximum Gasteiger partial charge on any atom is 0.573 e. The molecule has 23 heavy (non-hydrogen) atoms. The van der Waals surface area contributed by atoms with Crippen molar-refractivity contribution in [3.8, 4) is 5.75 Å². The van der Waals surface area contributed by atoms with E-state index >= 15 is 0 Å². The Morgan fingerprint density at radius 1 is 1.04 bits per heavy atom. The predicted octanol–water partition coefficient (Wildman–Crippen LogP) is 4.62. The summed E-state index contributed by atoms with van der Waals surface area (Å²) in [5, 5.41) is 0. The van der Waals surface area contributed by atoms with Crippen LogP contribution >= 0.6 is 0 Å². The zero-order chi connectivity index (χ0) is 17.5. The number of benzene rings is 1. The van der Waals surface area contributed by atoms with Crippen molar-refractivity contribution in [2.24, 2.45) is 0 Å². The molecule has 0 radical (unpaired) electrons. The highest BCUT2D eigenvalue weighted by Crippen LogP contribution is 2.37. The molecule has 3 nitrogen and oxygen atoms in total. The van der Waals surface area contributed by atoms with E-state index in [4.69, 9.17) is 9.31 Å². The molecule has 7 heteroatoms. The lowest BCUT2D eigenvalue weighted by atomic mass is 9.85. The highest BCUT2D eigenvalue weighted by atomic mass is 19.4. The second-order valence-electron chi connectivity index (χ2n) is 6.55. The molecule has 1 aromatic carbocycles. The molecule has 0 unspecified atom stereocenters. The number of ether oxygens (including phenoxy) is 1. The van der Waals surface area contributed by atoms with E-state index in [9.17, 15) is 13.2 Å². The van der Waals surface area contributed by atoms with Gasteiger partial charge in [-0.15, -0.1) is 13.2 Å². The molecule has 1 aromatic rings. The van der Waals surface area contributed by atoms with Crippen molar-refractivity contribution < 1.29 is 27.2 Å². The zero-order valence-corrected chi connectivity index (χ0v) is 13.8. The topological polar surface area (TPSA) is 27.7 Å². The first-order valence-corrected chi connectivity index (χ1v) is 7.30. The van der Waals surface area contributed by atoms with Gasteiger partial charge in [-0.1, -0.05) is 23.7 Å². The zero-order valence-electron chi connectivity index (χ0n) is 13.8. The van der Waals surface area contributed by atoms with Crippen LogP contribution in [0.15, 0.2) is 30.2 Å². The SMILES string of the molecule is CC(=CB1OC(C)(C)C(C)(C)O1)c1ccc(OC(F)(F)F)cc1. The molecular weight excluding hydrogens is 308 g/mol. The third kappa shape index (κ3) is 4.29. The maximum atomic E-state index is 12.1. The molecule has 0 saturated carbocycles. The molecule has 0 aromatic heterocycles. The van der Waals surface area contributed by atoms with Crippen molar-refractivity contribution in [3.05, 3.63) is 35.8 Å². The Labute approximate surface area is 134 Å². The van der Waals surface area contributed by atoms with Gasteiger partial charge in [-0.05, 0) is 52.3 Å². The predicted molar refractivity (Wildman–Crippen MR) is 82.9 cm³/mol. The highest BCUT2D eigenvalue weighted by molar-refractivity contribution is 6.53. The second-order valence-corrected chi connectivity index (χ2v) is 6.55. The van der Waals surface area contributed by atoms with Crippen molar-refractivity contribution in [2.45, 2.75) is 52.2 Å². The molecule has 0 amide bonds. The van der Waals surface area contributed by atoms with Gasteiger partial charge in [0.25, 0.3) is 0 Å². The van der Waals surface area contributed by atoms with Gasteiger partial charge >= 0.3 is 13.5 Å². The maximum absolute atomic E-state index is 12.1. The van der Waals surface area contributed by atoms with E-state index in [1.165, 1.54) is 12.1 Å². The van der Waals surface area contributed by atoms with Gasteiger partial charge < -0.3 is 14.0 Å². The van der Waals surface area contributed by atoms with Crippen molar-refractivity contribution in [1.82, 2.24) is 0 Å². The summed E-state index contributed by atoms with van der Waals surface area (Å²) < 4.78 is 52.1. The summed E-state index contributed by atoms with van der Waals surface area (Å²) in [4.78, 5) is 0. The minimum Gasteiger partial charge on any atom is -0.406 e. The summed E-state index contributed by atoms with van der Waals surface area (Å²) in [6.07, 6.45) is -4.69. The van der Waals surface area contributed by atoms with Crippen molar-refractivity contribution in [2.75, 3.05) is 0 Å². The normalized spacial score (nSPS) is 20.7. The second kappa shape index (κ2) is 5.87. The van der Waals surface area contributed by atoms with Crippen molar-refractivity contribution in [3.63, 3.8) is 0 Å². The number of alkyl halides is 3. The van der Waals surface area contributed by atoms with Gasteiger partial charge in [-0.25, -0.2) is 0 Å². The van der Waals surface area contributed by atoms with Gasteiger partial charge in [0, 0.05) is 0 Å². The molecule has 1 fully saturated rings. The number of allylic oxidation sites excluding steroid dienone is 1. The quantitative estimate of drug-likeness (QED) is 0.758. The first-order valence-electron chi connectivity index (χ1n) is 7.30. The smallest absolute Gasteiger partial charge is 0.406 e. The van der Waals surface area contributed by atoms with Crippen LogP contribution in [0.25, 0.3) is 5.57 Å². The monoisotopic (exact) mass is 328 g/mol. The van der Waals surface area contributed by atoms with Crippen LogP contribution in [-0.2, 0) is 9.31 Å². The Hall–Kier alpha value is -1.47. The third-order valence-electron chi connectivity index (χ3n) is 4.20. The van der Waals surface area contributed by atoms with Crippen LogP contribution in [0.3, 0.4) is 0 Å². The molecule has 126 valence electrons. The number of halogens is 3. The number of rotatable bonds is 3. The summed E-state index contributed by atoms with van der Waals surface area (Å²) in [7, 11) is -0.494. The minimum absolute atomic E-state index is 0.246. The largest absolute Gasteiger partial charge is 0.573 e. The van der Waals surface area contributed by atoms with E-state index in [-0.39, 0.29) is 5.75 Å². The molecule has 0 atom stereocenters. The fourth-order valence-electron chi connectivity index (χ4n) is 2.18. The van der Waals surface area contributed by atoms with Crippen LogP contribution in [0.1, 0.15) is 40.2 Å². The molecule has 0 spiro atoms. The summed E-state index contributed by atoms with van der Waals surface area (Å²) in [5.41, 5.74) is 0.758. The fraction of sp³-hybridized carbons (Fsp3) is 0.500. The van der Waals surface area contributed by atoms with E-state index in [1.54, 1.807) is 12.1 Å². The van der Waals surface area contributed by atoms with E-state index < -0.39 is 24.7 Å². The molecule has 1 heterocycles. The first kappa shape index (κ1) is 17.9. The molecule has 2 rings (SSSR count). The molecule has 0 aliphatic carbocycles. The Balaban J connectivity index is 2.10. The summed E-state index contributed by atoms with van der Waals surface area (Å²) in [6.45, 7) is 9.68. The van der Waals surface area contributed by atoms with Crippen LogP contribution in [-0.4, -0.2) is 24.7 Å². The molecule has 1 aliphatic rings. The summed E-state index contributed by atoms with van der Waals surface area (Å²) in [6, 6.07) is 5.70. The molecule has 0 N–H and O–H groups in total. The number of hydrogen-bond acceptors (Lipinski definition) is 3. The van der Waals surface area contributed by atoms with Gasteiger partial charge in [-0.3, -0.25) is 0 Å². The molecular formula is C16H20BF3O3. The third-order valence-corrected chi connectivity index (χ3v) is 4.20. The lowest BCUT2D eigenvalue weighted by Gasteiger charge is -2.32. The Morgan fingerprint density at radius 2 is 1.52 bits per heavy atom. The van der Waals surface area contributed by atoms with Crippen molar-refractivity contribution in [1.29, 1.82) is 0 Å². The van der Waals surface area contributed by atoms with Gasteiger partial charge in [0.15, 0.2) is 0 Å². The van der Waals surface area contributed by atoms with E-state index in [0.29, 0.717) is 0 Å². The highest BCUT2D eigenvalue weighted by Gasteiger charge is 2.50. The average Bonchev–Trinajstić information content (AvgIpc) is 2.55. The summed E-state index contributed by atoms with van der Waals surface area (Å²) in [5.74, 6) is 1.57. The van der Waals surface area contributed by atoms with E-state index in [1.807, 2.05) is 40.6 Å². The van der Waals surface area contributed by atoms with Gasteiger partial charge in [0.1, 0.15) is 5.75 Å². The van der Waals surface area contributed by atoms with Gasteiger partial charge in [0.05, 0.1) is 11.2 Å². The Bertz CT molecular complexity index is 576. The van der Waals surface area contributed by atoms with Crippen LogP contribution < -0.4 is 4.74 Å². The van der Waals surface area contributed by atoms with Crippen molar-refractivity contribution >= 4 is 12.7 Å². The lowest BCUT2D eigenvalue weighted by Crippen LogP contribution is -2.41. The minimum atomic E-state index is -4.69. The average molecular weight is 328 g/mol.